The van der Waals surface area contributed by atoms with Crippen molar-refractivity contribution in [3.05, 3.63) is 0 Å². The fourth-order valence-electron chi connectivity index (χ4n) is 1.79. The Kier molecular flexibility index (Phi) is 13.8. The maximum Gasteiger partial charge on any atom is 0.338 e. The van der Waals surface area contributed by atoms with E-state index in [0.717, 1.165) is 38.1 Å². The second kappa shape index (κ2) is 11.8. The van der Waals surface area contributed by atoms with Crippen LogP contribution < -0.4 is 0 Å². The van der Waals surface area contributed by atoms with E-state index in [1.807, 2.05) is 0 Å². The first-order chi connectivity index (χ1) is 7.24. The third kappa shape index (κ3) is 7.60. The zero-order valence-electron chi connectivity index (χ0n) is 11.0. The molecule has 0 atom stereocenters. The predicted molar refractivity (Wildman–Crippen MR) is 79.8 cm³/mol. The van der Waals surface area contributed by atoms with E-state index in [-0.39, 0.29) is 11.0 Å². The van der Waals surface area contributed by atoms with Crippen LogP contribution in [0.2, 0.25) is 12.1 Å². The van der Waals surface area contributed by atoms with Crippen molar-refractivity contribution in [2.24, 2.45) is 0 Å². The van der Waals surface area contributed by atoms with Gasteiger partial charge in [0, 0.05) is 13.2 Å². The van der Waals surface area contributed by atoms with E-state index in [1.54, 1.807) is 0 Å². The Bertz CT molecular complexity index is 127. The fraction of sp³-hybridized carbons (Fsp3) is 1.00. The third-order valence-corrected chi connectivity index (χ3v) is 6.38. The molecule has 0 aliphatic rings. The maximum absolute atomic E-state index is 6.08. The van der Waals surface area contributed by atoms with Gasteiger partial charge in [0.1, 0.15) is 0 Å². The predicted octanol–water partition coefficient (Wildman–Crippen LogP) is 2.65. The van der Waals surface area contributed by atoms with Crippen LogP contribution in [-0.4, -0.2) is 32.7 Å². The first-order valence-electron chi connectivity index (χ1n) is 6.52. The Morgan fingerprint density at radius 2 is 1.06 bits per heavy atom. The fourth-order valence-corrected chi connectivity index (χ4v) is 5.38. The van der Waals surface area contributed by atoms with Crippen LogP contribution in [-0.2, 0) is 8.85 Å². The maximum atomic E-state index is 6.08. The second-order valence-corrected chi connectivity index (χ2v) is 7.51. The SMILES string of the molecule is CCCO[Si](CCC)(CCC)OCCC.[SiH4]. The summed E-state index contributed by atoms with van der Waals surface area (Å²) in [6, 6.07) is 2.31. The Labute approximate surface area is 107 Å². The highest BCUT2D eigenvalue weighted by molar-refractivity contribution is 6.67. The molecule has 0 aromatic rings. The van der Waals surface area contributed by atoms with E-state index in [1.165, 1.54) is 12.8 Å². The quantitative estimate of drug-likeness (QED) is 0.565. The lowest BCUT2D eigenvalue weighted by Gasteiger charge is -2.30. The second-order valence-electron chi connectivity index (χ2n) is 4.11. The van der Waals surface area contributed by atoms with Crippen molar-refractivity contribution in [2.45, 2.75) is 65.5 Å². The Hall–Kier alpha value is 0.354. The van der Waals surface area contributed by atoms with Crippen LogP contribution in [0.1, 0.15) is 53.4 Å². The van der Waals surface area contributed by atoms with Crippen LogP contribution in [0.3, 0.4) is 0 Å². The van der Waals surface area contributed by atoms with Gasteiger partial charge in [0.15, 0.2) is 0 Å². The molecule has 2 nitrogen and oxygen atoms in total. The van der Waals surface area contributed by atoms with E-state index in [0.29, 0.717) is 0 Å². The van der Waals surface area contributed by atoms with Crippen molar-refractivity contribution >= 4 is 19.5 Å². The van der Waals surface area contributed by atoms with Gasteiger partial charge in [-0.2, -0.15) is 0 Å². The Balaban J connectivity index is 0. The molecule has 0 bridgehead atoms. The summed E-state index contributed by atoms with van der Waals surface area (Å²) in [4.78, 5) is 0. The molecule has 0 unspecified atom stereocenters. The molecule has 0 radical (unpaired) electrons. The minimum Gasteiger partial charge on any atom is -0.394 e. The van der Waals surface area contributed by atoms with E-state index < -0.39 is 8.56 Å². The smallest absolute Gasteiger partial charge is 0.338 e. The monoisotopic (exact) mass is 264 g/mol. The summed E-state index contributed by atoms with van der Waals surface area (Å²) >= 11 is 0. The molecule has 0 saturated carbocycles. The molecule has 0 fully saturated rings. The number of hydrogen-bond acceptors (Lipinski definition) is 2. The van der Waals surface area contributed by atoms with Gasteiger partial charge in [-0.1, -0.05) is 40.5 Å². The van der Waals surface area contributed by atoms with Gasteiger partial charge in [-0.25, -0.2) is 0 Å². The number of rotatable bonds is 10. The molecule has 0 aromatic heterocycles. The van der Waals surface area contributed by atoms with Gasteiger partial charge in [0.2, 0.25) is 0 Å². The Morgan fingerprint density at radius 1 is 0.688 bits per heavy atom. The molecule has 0 rings (SSSR count). The van der Waals surface area contributed by atoms with Gasteiger partial charge in [0.05, 0.1) is 0 Å². The molecule has 0 spiro atoms. The molecule has 0 N–H and O–H groups in total. The van der Waals surface area contributed by atoms with Crippen molar-refractivity contribution in [3.8, 4) is 0 Å². The van der Waals surface area contributed by atoms with Crippen LogP contribution in [0.4, 0.5) is 0 Å². The average Bonchev–Trinajstić information content (AvgIpc) is 2.24. The van der Waals surface area contributed by atoms with Crippen molar-refractivity contribution in [3.63, 3.8) is 0 Å². The van der Waals surface area contributed by atoms with E-state index in [4.69, 9.17) is 8.85 Å². The summed E-state index contributed by atoms with van der Waals surface area (Å²) < 4.78 is 12.2. The standard InChI is InChI=1S/C12H28O2Si.H4Si/c1-5-9-13-15(11-7-3,12-8-4)14-10-6-2;/h5-12H2,1-4H3;1H4. The topological polar surface area (TPSA) is 18.5 Å². The summed E-state index contributed by atoms with van der Waals surface area (Å²) in [6.45, 7) is 10.5. The minimum atomic E-state index is -1.84. The molecule has 0 amide bonds. The largest absolute Gasteiger partial charge is 0.394 e. The molecule has 4 heteroatoms. The van der Waals surface area contributed by atoms with Crippen molar-refractivity contribution < 1.29 is 8.85 Å². The lowest BCUT2D eigenvalue weighted by atomic mass is 10.5. The van der Waals surface area contributed by atoms with Gasteiger partial charge < -0.3 is 8.85 Å². The average molecular weight is 265 g/mol. The van der Waals surface area contributed by atoms with E-state index in [9.17, 15) is 0 Å². The van der Waals surface area contributed by atoms with Crippen molar-refractivity contribution in [2.75, 3.05) is 13.2 Å². The van der Waals surface area contributed by atoms with Crippen molar-refractivity contribution in [1.29, 1.82) is 0 Å². The summed E-state index contributed by atoms with van der Waals surface area (Å²) in [5.41, 5.74) is 0. The highest BCUT2D eigenvalue weighted by atomic mass is 28.4. The zero-order valence-corrected chi connectivity index (χ0v) is 12.0. The van der Waals surface area contributed by atoms with Gasteiger partial charge in [-0.3, -0.25) is 0 Å². The summed E-state index contributed by atoms with van der Waals surface area (Å²) in [5, 5.41) is 0. The molecular weight excluding hydrogens is 232 g/mol. The van der Waals surface area contributed by atoms with Crippen LogP contribution in [0.15, 0.2) is 0 Å². The molecular formula is C12H32O2Si2. The van der Waals surface area contributed by atoms with Gasteiger partial charge in [-0.15, -0.1) is 0 Å². The summed E-state index contributed by atoms with van der Waals surface area (Å²) in [5.74, 6) is 0. The molecule has 0 aromatic carbocycles. The number of hydrogen-bond donors (Lipinski definition) is 0. The summed E-state index contributed by atoms with van der Waals surface area (Å²) in [6.07, 6.45) is 4.55. The Morgan fingerprint density at radius 3 is 1.31 bits per heavy atom. The van der Waals surface area contributed by atoms with Crippen LogP contribution >= 0.6 is 0 Å². The lowest BCUT2D eigenvalue weighted by molar-refractivity contribution is 0.166. The highest BCUT2D eigenvalue weighted by Crippen LogP contribution is 2.23. The lowest BCUT2D eigenvalue weighted by Crippen LogP contribution is -2.42. The summed E-state index contributed by atoms with van der Waals surface area (Å²) in [7, 11) is -1.84. The molecule has 0 saturated heterocycles. The highest BCUT2D eigenvalue weighted by Gasteiger charge is 2.35. The van der Waals surface area contributed by atoms with E-state index in [2.05, 4.69) is 27.7 Å². The molecule has 0 aliphatic heterocycles. The molecule has 16 heavy (non-hydrogen) atoms. The molecule has 100 valence electrons. The first kappa shape index (κ1) is 18.7. The van der Waals surface area contributed by atoms with E-state index >= 15 is 0 Å². The van der Waals surface area contributed by atoms with Gasteiger partial charge in [-0.05, 0) is 35.9 Å². The van der Waals surface area contributed by atoms with Gasteiger partial charge >= 0.3 is 8.56 Å². The third-order valence-electron chi connectivity index (χ3n) is 2.40. The zero-order chi connectivity index (χ0) is 11.6. The van der Waals surface area contributed by atoms with Crippen LogP contribution in [0.25, 0.3) is 0 Å². The normalized spacial score (nSPS) is 11.2. The van der Waals surface area contributed by atoms with Crippen LogP contribution in [0, 0.1) is 0 Å². The molecule has 0 aliphatic carbocycles. The molecule has 0 heterocycles. The first-order valence-corrected chi connectivity index (χ1v) is 8.75. The van der Waals surface area contributed by atoms with Gasteiger partial charge in [0.25, 0.3) is 0 Å². The van der Waals surface area contributed by atoms with Crippen molar-refractivity contribution in [1.82, 2.24) is 0 Å². The van der Waals surface area contributed by atoms with Crippen LogP contribution in [0.5, 0.6) is 0 Å². The minimum absolute atomic E-state index is 0.